The van der Waals surface area contributed by atoms with Gasteiger partial charge in [0.05, 0.1) is 12.7 Å². The maximum atomic E-state index is 14.0. The summed E-state index contributed by atoms with van der Waals surface area (Å²) in [5.41, 5.74) is 1.10. The van der Waals surface area contributed by atoms with Crippen LogP contribution < -0.4 is 0 Å². The van der Waals surface area contributed by atoms with Crippen LogP contribution in [0.1, 0.15) is 23.7 Å². The van der Waals surface area contributed by atoms with E-state index in [1.54, 1.807) is 11.8 Å². The Balaban J connectivity index is 1.55. The van der Waals surface area contributed by atoms with Crippen molar-refractivity contribution in [2.45, 2.75) is 38.3 Å². The average molecular weight is 352 g/mol. The zero-order valence-corrected chi connectivity index (χ0v) is 14.9. The number of aryl methyl sites for hydroxylation is 1. The molecule has 1 aliphatic heterocycles. The molecule has 138 valence electrons. The summed E-state index contributed by atoms with van der Waals surface area (Å²) in [7, 11) is 5.46. The van der Waals surface area contributed by atoms with Gasteiger partial charge in [0.2, 0.25) is 5.89 Å². The van der Waals surface area contributed by atoms with E-state index >= 15 is 0 Å². The van der Waals surface area contributed by atoms with Crippen LogP contribution in [-0.4, -0.2) is 69.2 Å². The van der Waals surface area contributed by atoms with Gasteiger partial charge in [-0.3, -0.25) is 14.5 Å². The molecule has 0 aliphatic carbocycles. The summed E-state index contributed by atoms with van der Waals surface area (Å²) in [4.78, 5) is 8.55. The van der Waals surface area contributed by atoms with E-state index < -0.39 is 6.17 Å². The minimum absolute atomic E-state index is 0.154. The predicted octanol–water partition coefficient (Wildman–Crippen LogP) is 0.994. The topological polar surface area (TPSA) is 72.5 Å². The summed E-state index contributed by atoms with van der Waals surface area (Å²) in [6.07, 6.45) is 3.57. The maximum absolute atomic E-state index is 14.0. The molecule has 2 atom stereocenters. The fraction of sp³-hybridized carbons (Fsp3) is 0.688. The lowest BCUT2D eigenvalue weighted by molar-refractivity contribution is 0.169. The summed E-state index contributed by atoms with van der Waals surface area (Å²) in [6, 6.07) is 0.154. The quantitative estimate of drug-likeness (QED) is 0.701. The number of hydrogen-bond donors (Lipinski definition) is 0. The van der Waals surface area contributed by atoms with Crippen LogP contribution in [0.4, 0.5) is 4.39 Å². The van der Waals surface area contributed by atoms with E-state index in [1.807, 2.05) is 26.5 Å². The zero-order chi connectivity index (χ0) is 17.8. The number of hydrogen-bond acceptors (Lipinski definition) is 7. The summed E-state index contributed by atoms with van der Waals surface area (Å²) in [5, 5.41) is 8.04. The lowest BCUT2D eigenvalue weighted by atomic mass is 10.2. The summed E-state index contributed by atoms with van der Waals surface area (Å²) < 4.78 is 25.9. The Morgan fingerprint density at radius 3 is 3.04 bits per heavy atom. The van der Waals surface area contributed by atoms with Crippen molar-refractivity contribution in [2.75, 3.05) is 27.2 Å². The number of methoxy groups -OCH3 is 1. The van der Waals surface area contributed by atoms with Gasteiger partial charge >= 0.3 is 0 Å². The second-order valence-corrected chi connectivity index (χ2v) is 6.67. The first-order valence-corrected chi connectivity index (χ1v) is 8.38. The standard InChI is InChI=1S/C16H25FN6O2/c1-21(10-16-19-15(11-24-3)20-25-16)9-14-4-13(17)8-23(14)7-12-5-18-22(2)6-12/h5-6,13-14H,4,7-11H2,1-3H3/t13-,14-/m0/s1. The molecule has 8 nitrogen and oxygen atoms in total. The monoisotopic (exact) mass is 352 g/mol. The van der Waals surface area contributed by atoms with Gasteiger partial charge in [-0.1, -0.05) is 5.16 Å². The Bertz CT molecular complexity index is 675. The van der Waals surface area contributed by atoms with Crippen LogP contribution in [0.3, 0.4) is 0 Å². The molecular weight excluding hydrogens is 327 g/mol. The van der Waals surface area contributed by atoms with Gasteiger partial charge in [0.1, 0.15) is 12.8 Å². The van der Waals surface area contributed by atoms with Crippen molar-refractivity contribution in [3.63, 3.8) is 0 Å². The molecule has 0 bridgehead atoms. The molecule has 0 unspecified atom stereocenters. The number of likely N-dealkylation sites (tertiary alicyclic amines) is 1. The second kappa shape index (κ2) is 8.03. The van der Waals surface area contributed by atoms with Crippen LogP contribution in [0.25, 0.3) is 0 Å². The van der Waals surface area contributed by atoms with Crippen molar-refractivity contribution in [2.24, 2.45) is 7.05 Å². The van der Waals surface area contributed by atoms with Crippen molar-refractivity contribution in [3.8, 4) is 0 Å². The van der Waals surface area contributed by atoms with Crippen molar-refractivity contribution in [3.05, 3.63) is 29.7 Å². The van der Waals surface area contributed by atoms with Crippen LogP contribution in [-0.2, 0) is 31.5 Å². The van der Waals surface area contributed by atoms with Crippen molar-refractivity contribution in [1.82, 2.24) is 29.7 Å². The highest BCUT2D eigenvalue weighted by atomic mass is 19.1. The first kappa shape index (κ1) is 18.0. The molecule has 0 radical (unpaired) electrons. The highest BCUT2D eigenvalue weighted by Crippen LogP contribution is 2.23. The second-order valence-electron chi connectivity index (χ2n) is 6.67. The van der Waals surface area contributed by atoms with Crippen LogP contribution in [0.5, 0.6) is 0 Å². The molecule has 1 saturated heterocycles. The van der Waals surface area contributed by atoms with Crippen LogP contribution in [0, 0.1) is 0 Å². The Hall–Kier alpha value is -1.84. The molecule has 25 heavy (non-hydrogen) atoms. The van der Waals surface area contributed by atoms with Gasteiger partial charge in [0.25, 0.3) is 0 Å². The van der Waals surface area contributed by atoms with E-state index in [4.69, 9.17) is 9.26 Å². The highest BCUT2D eigenvalue weighted by Gasteiger charge is 2.33. The number of ether oxygens (including phenoxy) is 1. The van der Waals surface area contributed by atoms with Gasteiger partial charge in [-0.25, -0.2) is 4.39 Å². The fourth-order valence-electron chi connectivity index (χ4n) is 3.29. The number of rotatable bonds is 8. The number of halogens is 1. The van der Waals surface area contributed by atoms with Gasteiger partial charge < -0.3 is 9.26 Å². The molecule has 3 heterocycles. The lowest BCUT2D eigenvalue weighted by Gasteiger charge is -2.27. The molecule has 0 spiro atoms. The molecule has 3 rings (SSSR count). The van der Waals surface area contributed by atoms with E-state index in [-0.39, 0.29) is 6.04 Å². The van der Waals surface area contributed by atoms with E-state index in [0.29, 0.717) is 44.4 Å². The molecule has 2 aromatic heterocycles. The molecule has 2 aromatic rings. The summed E-state index contributed by atoms with van der Waals surface area (Å²) >= 11 is 0. The van der Waals surface area contributed by atoms with Crippen LogP contribution in [0.15, 0.2) is 16.9 Å². The minimum atomic E-state index is -0.785. The Morgan fingerprint density at radius 1 is 1.48 bits per heavy atom. The zero-order valence-electron chi connectivity index (χ0n) is 14.9. The van der Waals surface area contributed by atoms with Crippen LogP contribution >= 0.6 is 0 Å². The maximum Gasteiger partial charge on any atom is 0.240 e. The van der Waals surface area contributed by atoms with Gasteiger partial charge in [-0.15, -0.1) is 0 Å². The summed E-state index contributed by atoms with van der Waals surface area (Å²) in [6.45, 7) is 2.78. The lowest BCUT2D eigenvalue weighted by Crippen LogP contribution is -2.38. The molecule has 1 aliphatic rings. The smallest absolute Gasteiger partial charge is 0.240 e. The Morgan fingerprint density at radius 2 is 2.32 bits per heavy atom. The van der Waals surface area contributed by atoms with E-state index in [2.05, 4.69) is 25.0 Å². The van der Waals surface area contributed by atoms with Crippen molar-refractivity contribution in [1.29, 1.82) is 0 Å². The first-order chi connectivity index (χ1) is 12.0. The fourth-order valence-corrected chi connectivity index (χ4v) is 3.29. The van der Waals surface area contributed by atoms with Crippen LogP contribution in [0.2, 0.25) is 0 Å². The molecule has 0 saturated carbocycles. The third-order valence-electron chi connectivity index (χ3n) is 4.33. The minimum Gasteiger partial charge on any atom is -0.377 e. The van der Waals surface area contributed by atoms with Gasteiger partial charge in [0.15, 0.2) is 5.82 Å². The predicted molar refractivity (Wildman–Crippen MR) is 88.3 cm³/mol. The number of alkyl halides is 1. The van der Waals surface area contributed by atoms with E-state index in [1.165, 1.54) is 0 Å². The third kappa shape index (κ3) is 4.83. The van der Waals surface area contributed by atoms with E-state index in [0.717, 1.165) is 12.1 Å². The van der Waals surface area contributed by atoms with Gasteiger partial charge in [0, 0.05) is 51.6 Å². The molecule has 9 heteroatoms. The SMILES string of the molecule is COCc1noc(CN(C)C[C@@H]2C[C@H](F)CN2Cc2cnn(C)c2)n1. The third-order valence-corrected chi connectivity index (χ3v) is 4.33. The molecular formula is C16H25FN6O2. The highest BCUT2D eigenvalue weighted by molar-refractivity contribution is 5.05. The van der Waals surface area contributed by atoms with Crippen molar-refractivity contribution >= 4 is 0 Å². The molecule has 0 amide bonds. The molecule has 1 fully saturated rings. The summed E-state index contributed by atoms with van der Waals surface area (Å²) in [5.74, 6) is 1.08. The number of nitrogens with zero attached hydrogens (tertiary/aromatic N) is 6. The largest absolute Gasteiger partial charge is 0.377 e. The molecule has 0 aromatic carbocycles. The number of aromatic nitrogens is 4. The normalized spacial score (nSPS) is 21.5. The van der Waals surface area contributed by atoms with Crippen molar-refractivity contribution < 1.29 is 13.7 Å². The first-order valence-electron chi connectivity index (χ1n) is 8.38. The Kier molecular flexibility index (Phi) is 5.77. The van der Waals surface area contributed by atoms with E-state index in [9.17, 15) is 4.39 Å². The van der Waals surface area contributed by atoms with Gasteiger partial charge in [-0.2, -0.15) is 10.1 Å². The van der Waals surface area contributed by atoms with Gasteiger partial charge in [-0.05, 0) is 13.5 Å². The molecule has 0 N–H and O–H groups in total. The Labute approximate surface area is 146 Å². The average Bonchev–Trinajstić information content (AvgIpc) is 3.23. The number of likely N-dealkylation sites (N-methyl/N-ethyl adjacent to an activating group) is 1.